The summed E-state index contributed by atoms with van der Waals surface area (Å²) in [7, 11) is 0. The highest BCUT2D eigenvalue weighted by atomic mass is 16.4. The molecule has 0 aliphatic carbocycles. The quantitative estimate of drug-likeness (QED) is 0.871. The second-order valence-corrected chi connectivity index (χ2v) is 5.18. The van der Waals surface area contributed by atoms with Gasteiger partial charge in [0.2, 0.25) is 0 Å². The number of hydrogen-bond acceptors (Lipinski definition) is 2. The zero-order chi connectivity index (χ0) is 13.3. The van der Waals surface area contributed by atoms with Crippen LogP contribution in [0.3, 0.4) is 0 Å². The van der Waals surface area contributed by atoms with Crippen LogP contribution in [-0.4, -0.2) is 20.7 Å². The van der Waals surface area contributed by atoms with Gasteiger partial charge in [-0.15, -0.1) is 0 Å². The van der Waals surface area contributed by atoms with E-state index in [1.54, 1.807) is 13.8 Å². The Kier molecular flexibility index (Phi) is 3.13. The van der Waals surface area contributed by atoms with Crippen LogP contribution < -0.4 is 0 Å². The van der Waals surface area contributed by atoms with E-state index in [2.05, 4.69) is 0 Å². The summed E-state index contributed by atoms with van der Waals surface area (Å²) in [5.41, 5.74) is 0.965. The second-order valence-electron chi connectivity index (χ2n) is 5.18. The van der Waals surface area contributed by atoms with Crippen LogP contribution in [0.15, 0.2) is 30.5 Å². The van der Waals surface area contributed by atoms with E-state index in [-0.39, 0.29) is 6.61 Å². The molecule has 0 atom stereocenters. The summed E-state index contributed by atoms with van der Waals surface area (Å²) in [5.74, 6) is -0.817. The number of carbonyl (C=O) groups is 1. The number of aliphatic hydroxyl groups excluding tert-OH is 1. The van der Waals surface area contributed by atoms with Gasteiger partial charge in [-0.1, -0.05) is 12.1 Å². The number of carboxylic acids is 1. The first-order valence-corrected chi connectivity index (χ1v) is 5.86. The first kappa shape index (κ1) is 12.6. The number of aromatic nitrogens is 1. The van der Waals surface area contributed by atoms with Crippen molar-refractivity contribution in [1.29, 1.82) is 0 Å². The van der Waals surface area contributed by atoms with Crippen molar-refractivity contribution in [3.05, 3.63) is 36.0 Å². The molecule has 0 saturated carbocycles. The third kappa shape index (κ3) is 2.24. The molecule has 4 nitrogen and oxygen atoms in total. The van der Waals surface area contributed by atoms with Crippen LogP contribution in [0.25, 0.3) is 10.9 Å². The highest BCUT2D eigenvalue weighted by Crippen LogP contribution is 2.24. The molecule has 96 valence electrons. The Morgan fingerprint density at radius 2 is 2.06 bits per heavy atom. The van der Waals surface area contributed by atoms with Gasteiger partial charge in [0, 0.05) is 18.3 Å². The van der Waals surface area contributed by atoms with Gasteiger partial charge < -0.3 is 14.8 Å². The van der Waals surface area contributed by atoms with Crippen molar-refractivity contribution in [2.45, 2.75) is 27.0 Å². The lowest BCUT2D eigenvalue weighted by molar-refractivity contribution is -0.147. The highest BCUT2D eigenvalue weighted by molar-refractivity contribution is 5.81. The van der Waals surface area contributed by atoms with Gasteiger partial charge in [0.25, 0.3) is 0 Å². The zero-order valence-electron chi connectivity index (χ0n) is 10.6. The molecule has 2 aromatic rings. The topological polar surface area (TPSA) is 62.5 Å². The summed E-state index contributed by atoms with van der Waals surface area (Å²) < 4.78 is 1.92. The second kappa shape index (κ2) is 4.46. The number of rotatable bonds is 4. The van der Waals surface area contributed by atoms with E-state index in [1.807, 2.05) is 35.0 Å². The zero-order valence-corrected chi connectivity index (χ0v) is 10.6. The SMILES string of the molecule is CC(C)(Cn1ccc2ccc(CO)cc21)C(=O)O. The van der Waals surface area contributed by atoms with E-state index < -0.39 is 11.4 Å². The molecule has 0 radical (unpaired) electrons. The summed E-state index contributed by atoms with van der Waals surface area (Å²) in [6, 6.07) is 7.65. The normalized spacial score (nSPS) is 11.9. The summed E-state index contributed by atoms with van der Waals surface area (Å²) in [4.78, 5) is 11.2. The third-order valence-electron chi connectivity index (χ3n) is 3.17. The van der Waals surface area contributed by atoms with Crippen molar-refractivity contribution in [1.82, 2.24) is 4.57 Å². The van der Waals surface area contributed by atoms with Crippen molar-refractivity contribution < 1.29 is 15.0 Å². The molecule has 0 unspecified atom stereocenters. The lowest BCUT2D eigenvalue weighted by atomic mass is 9.94. The molecule has 4 heteroatoms. The molecule has 0 amide bonds. The van der Waals surface area contributed by atoms with Gasteiger partial charge in [-0.3, -0.25) is 4.79 Å². The minimum absolute atomic E-state index is 0.0105. The molecule has 2 rings (SSSR count). The number of benzene rings is 1. The Morgan fingerprint density at radius 3 is 2.67 bits per heavy atom. The fourth-order valence-corrected chi connectivity index (χ4v) is 1.96. The maximum absolute atomic E-state index is 11.2. The van der Waals surface area contributed by atoms with Crippen LogP contribution in [0, 0.1) is 5.41 Å². The largest absolute Gasteiger partial charge is 0.481 e. The van der Waals surface area contributed by atoms with Gasteiger partial charge >= 0.3 is 5.97 Å². The van der Waals surface area contributed by atoms with Crippen LogP contribution in [0.2, 0.25) is 0 Å². The standard InChI is InChI=1S/C14H17NO3/c1-14(2,13(17)18)9-15-6-5-11-4-3-10(8-16)7-12(11)15/h3-7,16H,8-9H2,1-2H3,(H,17,18). The smallest absolute Gasteiger partial charge is 0.310 e. The first-order valence-electron chi connectivity index (χ1n) is 5.86. The lowest BCUT2D eigenvalue weighted by Crippen LogP contribution is -2.28. The molecule has 0 spiro atoms. The van der Waals surface area contributed by atoms with Crippen LogP contribution >= 0.6 is 0 Å². The average Bonchev–Trinajstić information content (AvgIpc) is 2.71. The molecule has 0 bridgehead atoms. The number of fused-ring (bicyclic) bond motifs is 1. The van der Waals surface area contributed by atoms with Crippen molar-refractivity contribution in [2.24, 2.45) is 5.41 Å². The van der Waals surface area contributed by atoms with Crippen LogP contribution in [0.4, 0.5) is 0 Å². The molecule has 1 heterocycles. The summed E-state index contributed by atoms with van der Waals surface area (Å²) in [6.45, 7) is 3.80. The third-order valence-corrected chi connectivity index (χ3v) is 3.17. The van der Waals surface area contributed by atoms with Crippen molar-refractivity contribution in [2.75, 3.05) is 0 Å². The van der Waals surface area contributed by atoms with E-state index in [9.17, 15) is 4.79 Å². The van der Waals surface area contributed by atoms with E-state index in [4.69, 9.17) is 10.2 Å². The molecule has 0 aliphatic rings. The highest BCUT2D eigenvalue weighted by Gasteiger charge is 2.27. The molecule has 18 heavy (non-hydrogen) atoms. The molecule has 2 N–H and O–H groups in total. The van der Waals surface area contributed by atoms with Crippen LogP contribution in [0.1, 0.15) is 19.4 Å². The van der Waals surface area contributed by atoms with Gasteiger partial charge in [0.05, 0.1) is 12.0 Å². The maximum Gasteiger partial charge on any atom is 0.310 e. The fraction of sp³-hybridized carbons (Fsp3) is 0.357. The fourth-order valence-electron chi connectivity index (χ4n) is 1.96. The Labute approximate surface area is 105 Å². The number of hydrogen-bond donors (Lipinski definition) is 2. The molecule has 0 fully saturated rings. The molecular weight excluding hydrogens is 230 g/mol. The Bertz CT molecular complexity index is 584. The Morgan fingerprint density at radius 1 is 1.33 bits per heavy atom. The van der Waals surface area contributed by atoms with Gasteiger partial charge in [0.15, 0.2) is 0 Å². The van der Waals surface area contributed by atoms with Gasteiger partial charge in [-0.25, -0.2) is 0 Å². The maximum atomic E-state index is 11.2. The Balaban J connectivity index is 2.42. The summed E-state index contributed by atoms with van der Waals surface area (Å²) in [5, 5.41) is 19.4. The van der Waals surface area contributed by atoms with Gasteiger partial charge in [-0.05, 0) is 36.9 Å². The van der Waals surface area contributed by atoms with Crippen molar-refractivity contribution in [3.63, 3.8) is 0 Å². The molecule has 1 aromatic heterocycles. The molecule has 0 aliphatic heterocycles. The summed E-state index contributed by atoms with van der Waals surface area (Å²) >= 11 is 0. The number of aliphatic hydroxyl groups is 1. The minimum Gasteiger partial charge on any atom is -0.481 e. The van der Waals surface area contributed by atoms with Crippen molar-refractivity contribution in [3.8, 4) is 0 Å². The number of nitrogens with zero attached hydrogens (tertiary/aromatic N) is 1. The van der Waals surface area contributed by atoms with E-state index >= 15 is 0 Å². The summed E-state index contributed by atoms with van der Waals surface area (Å²) in [6.07, 6.45) is 1.89. The average molecular weight is 247 g/mol. The predicted octanol–water partition coefficient (Wildman–Crippen LogP) is 2.24. The van der Waals surface area contributed by atoms with Crippen LogP contribution in [-0.2, 0) is 17.9 Å². The van der Waals surface area contributed by atoms with Crippen molar-refractivity contribution >= 4 is 16.9 Å². The van der Waals surface area contributed by atoms with Gasteiger partial charge in [-0.2, -0.15) is 0 Å². The monoisotopic (exact) mass is 247 g/mol. The van der Waals surface area contributed by atoms with E-state index in [0.29, 0.717) is 6.54 Å². The van der Waals surface area contributed by atoms with E-state index in [0.717, 1.165) is 16.5 Å². The molecule has 0 saturated heterocycles. The van der Waals surface area contributed by atoms with Gasteiger partial charge in [0.1, 0.15) is 0 Å². The minimum atomic E-state index is -0.818. The number of carboxylic acid groups (broad SMARTS) is 1. The van der Waals surface area contributed by atoms with E-state index in [1.165, 1.54) is 0 Å². The molecule has 1 aromatic carbocycles. The Hall–Kier alpha value is -1.81. The predicted molar refractivity (Wildman–Crippen MR) is 69.3 cm³/mol. The molecular formula is C14H17NO3. The number of aliphatic carboxylic acids is 1. The first-order chi connectivity index (χ1) is 8.44. The lowest BCUT2D eigenvalue weighted by Gasteiger charge is -2.20. The van der Waals surface area contributed by atoms with Crippen LogP contribution in [0.5, 0.6) is 0 Å².